The van der Waals surface area contributed by atoms with E-state index in [4.69, 9.17) is 4.42 Å². The predicted octanol–water partition coefficient (Wildman–Crippen LogP) is 3.15. The van der Waals surface area contributed by atoms with Crippen molar-refractivity contribution in [2.24, 2.45) is 0 Å². The zero-order chi connectivity index (χ0) is 10.8. The van der Waals surface area contributed by atoms with Crippen LogP contribution in [-0.2, 0) is 0 Å². The van der Waals surface area contributed by atoms with E-state index in [1.165, 1.54) is 50.6 Å². The zero-order valence-corrected chi connectivity index (χ0v) is 9.74. The highest BCUT2D eigenvalue weighted by Crippen LogP contribution is 2.34. The Bertz CT molecular complexity index is 335. The number of oxazole rings is 1. The fourth-order valence-corrected chi connectivity index (χ4v) is 2.93. The molecule has 0 spiro atoms. The van der Waals surface area contributed by atoms with E-state index in [0.717, 1.165) is 12.4 Å². The standard InChI is InChI=1S/C13H20N2O/c1-2-6-10(5-1)12-9-16-13(15-12)11-7-3-4-8-14-11/h9-11,14H,1-8H2. The first kappa shape index (κ1) is 10.3. The first-order chi connectivity index (χ1) is 7.93. The van der Waals surface area contributed by atoms with E-state index >= 15 is 0 Å². The molecule has 88 valence electrons. The maximum absolute atomic E-state index is 5.64. The summed E-state index contributed by atoms with van der Waals surface area (Å²) in [6.07, 6.45) is 10.9. The first-order valence-electron chi connectivity index (χ1n) is 6.62. The number of hydrogen-bond acceptors (Lipinski definition) is 3. The monoisotopic (exact) mass is 220 g/mol. The smallest absolute Gasteiger partial charge is 0.211 e. The molecule has 1 unspecified atom stereocenters. The Balaban J connectivity index is 1.71. The number of nitrogens with zero attached hydrogens (tertiary/aromatic N) is 1. The molecule has 2 heterocycles. The Morgan fingerprint density at radius 1 is 1.12 bits per heavy atom. The molecule has 0 aromatic carbocycles. The van der Waals surface area contributed by atoms with Crippen LogP contribution in [0.2, 0.25) is 0 Å². The lowest BCUT2D eigenvalue weighted by molar-refractivity contribution is 0.338. The zero-order valence-electron chi connectivity index (χ0n) is 9.74. The third-order valence-electron chi connectivity index (χ3n) is 3.92. The lowest BCUT2D eigenvalue weighted by Gasteiger charge is -2.20. The van der Waals surface area contributed by atoms with Gasteiger partial charge in [0, 0.05) is 5.92 Å². The van der Waals surface area contributed by atoms with Crippen molar-refractivity contribution in [2.75, 3.05) is 6.54 Å². The van der Waals surface area contributed by atoms with Gasteiger partial charge in [0.1, 0.15) is 6.26 Å². The maximum Gasteiger partial charge on any atom is 0.211 e. The van der Waals surface area contributed by atoms with Crippen LogP contribution in [0.3, 0.4) is 0 Å². The van der Waals surface area contributed by atoms with Crippen LogP contribution in [0.4, 0.5) is 0 Å². The molecule has 1 aromatic heterocycles. The molecule has 1 saturated carbocycles. The molecule has 1 atom stereocenters. The fraction of sp³-hybridized carbons (Fsp3) is 0.769. The molecule has 3 nitrogen and oxygen atoms in total. The topological polar surface area (TPSA) is 38.1 Å². The quantitative estimate of drug-likeness (QED) is 0.832. The van der Waals surface area contributed by atoms with E-state index < -0.39 is 0 Å². The van der Waals surface area contributed by atoms with Crippen molar-refractivity contribution in [3.8, 4) is 0 Å². The molecule has 1 aromatic rings. The second kappa shape index (κ2) is 4.58. The van der Waals surface area contributed by atoms with E-state index in [0.29, 0.717) is 12.0 Å². The predicted molar refractivity (Wildman–Crippen MR) is 62.3 cm³/mol. The van der Waals surface area contributed by atoms with Gasteiger partial charge in [0.2, 0.25) is 5.89 Å². The van der Waals surface area contributed by atoms with Crippen LogP contribution in [0.15, 0.2) is 10.7 Å². The van der Waals surface area contributed by atoms with E-state index in [-0.39, 0.29) is 0 Å². The molecule has 1 aliphatic heterocycles. The van der Waals surface area contributed by atoms with Crippen molar-refractivity contribution >= 4 is 0 Å². The van der Waals surface area contributed by atoms with Crippen molar-refractivity contribution < 1.29 is 4.42 Å². The Morgan fingerprint density at radius 2 is 1.94 bits per heavy atom. The number of aromatic nitrogens is 1. The molecule has 1 N–H and O–H groups in total. The molecule has 2 fully saturated rings. The summed E-state index contributed by atoms with van der Waals surface area (Å²) in [4.78, 5) is 4.69. The minimum absolute atomic E-state index is 0.365. The summed E-state index contributed by atoms with van der Waals surface area (Å²) >= 11 is 0. The van der Waals surface area contributed by atoms with Crippen molar-refractivity contribution in [3.63, 3.8) is 0 Å². The maximum atomic E-state index is 5.64. The average molecular weight is 220 g/mol. The van der Waals surface area contributed by atoms with E-state index in [1.807, 2.05) is 6.26 Å². The molecular formula is C13H20N2O. The van der Waals surface area contributed by atoms with Gasteiger partial charge in [0.15, 0.2) is 0 Å². The molecular weight excluding hydrogens is 200 g/mol. The molecule has 3 heteroatoms. The Labute approximate surface area is 96.6 Å². The molecule has 1 aliphatic carbocycles. The van der Waals surface area contributed by atoms with Gasteiger partial charge >= 0.3 is 0 Å². The van der Waals surface area contributed by atoms with Gasteiger partial charge in [-0.15, -0.1) is 0 Å². The van der Waals surface area contributed by atoms with Gasteiger partial charge in [-0.3, -0.25) is 0 Å². The van der Waals surface area contributed by atoms with E-state index in [9.17, 15) is 0 Å². The fourth-order valence-electron chi connectivity index (χ4n) is 2.93. The van der Waals surface area contributed by atoms with E-state index in [2.05, 4.69) is 10.3 Å². The third-order valence-corrected chi connectivity index (χ3v) is 3.92. The minimum Gasteiger partial charge on any atom is -0.447 e. The Morgan fingerprint density at radius 3 is 2.69 bits per heavy atom. The van der Waals surface area contributed by atoms with Crippen molar-refractivity contribution in [1.29, 1.82) is 0 Å². The molecule has 0 bridgehead atoms. The Kier molecular flexibility index (Phi) is 2.96. The van der Waals surface area contributed by atoms with Crippen LogP contribution in [0, 0.1) is 0 Å². The molecule has 0 amide bonds. The van der Waals surface area contributed by atoms with Crippen LogP contribution in [0.25, 0.3) is 0 Å². The summed E-state index contributed by atoms with van der Waals surface area (Å²) in [5, 5.41) is 3.48. The molecule has 0 radical (unpaired) electrons. The van der Waals surface area contributed by atoms with Crippen LogP contribution in [0.5, 0.6) is 0 Å². The van der Waals surface area contributed by atoms with Gasteiger partial charge in [-0.1, -0.05) is 19.3 Å². The van der Waals surface area contributed by atoms with Gasteiger partial charge in [-0.2, -0.15) is 0 Å². The highest BCUT2D eigenvalue weighted by atomic mass is 16.3. The van der Waals surface area contributed by atoms with Crippen LogP contribution < -0.4 is 5.32 Å². The highest BCUT2D eigenvalue weighted by Gasteiger charge is 2.24. The SMILES string of the molecule is c1oc(C2CCCCN2)nc1C1CCCC1. The summed E-state index contributed by atoms with van der Waals surface area (Å²) in [6.45, 7) is 1.10. The molecule has 16 heavy (non-hydrogen) atoms. The molecule has 3 rings (SSSR count). The van der Waals surface area contributed by atoms with Gasteiger partial charge in [-0.05, 0) is 32.2 Å². The lowest BCUT2D eigenvalue weighted by atomic mass is 10.0. The van der Waals surface area contributed by atoms with Gasteiger partial charge < -0.3 is 9.73 Å². The highest BCUT2D eigenvalue weighted by molar-refractivity contribution is 5.08. The van der Waals surface area contributed by atoms with Gasteiger partial charge in [-0.25, -0.2) is 4.98 Å². The van der Waals surface area contributed by atoms with Crippen molar-refractivity contribution in [1.82, 2.24) is 10.3 Å². The van der Waals surface area contributed by atoms with Crippen LogP contribution >= 0.6 is 0 Å². The van der Waals surface area contributed by atoms with Gasteiger partial charge in [0.05, 0.1) is 11.7 Å². The normalized spacial score (nSPS) is 27.4. The number of nitrogens with one attached hydrogen (secondary N) is 1. The average Bonchev–Trinajstić information content (AvgIpc) is 3.01. The summed E-state index contributed by atoms with van der Waals surface area (Å²) in [5.74, 6) is 1.59. The minimum atomic E-state index is 0.365. The van der Waals surface area contributed by atoms with Crippen molar-refractivity contribution in [3.05, 3.63) is 17.8 Å². The summed E-state index contributed by atoms with van der Waals surface area (Å²) in [6, 6.07) is 0.365. The van der Waals surface area contributed by atoms with Crippen LogP contribution in [-0.4, -0.2) is 11.5 Å². The van der Waals surface area contributed by atoms with Gasteiger partial charge in [0.25, 0.3) is 0 Å². The first-order valence-corrected chi connectivity index (χ1v) is 6.62. The summed E-state index contributed by atoms with van der Waals surface area (Å²) in [7, 11) is 0. The number of piperidine rings is 1. The number of hydrogen-bond donors (Lipinski definition) is 1. The summed E-state index contributed by atoms with van der Waals surface area (Å²) < 4.78 is 5.64. The molecule has 1 saturated heterocycles. The van der Waals surface area contributed by atoms with Crippen LogP contribution in [0.1, 0.15) is 68.5 Å². The Hall–Kier alpha value is -0.830. The largest absolute Gasteiger partial charge is 0.447 e. The second-order valence-electron chi connectivity index (χ2n) is 5.09. The third kappa shape index (κ3) is 2.01. The number of rotatable bonds is 2. The van der Waals surface area contributed by atoms with E-state index in [1.54, 1.807) is 0 Å². The lowest BCUT2D eigenvalue weighted by Crippen LogP contribution is -2.27. The van der Waals surface area contributed by atoms with Crippen molar-refractivity contribution in [2.45, 2.75) is 56.9 Å². The summed E-state index contributed by atoms with van der Waals surface area (Å²) in [5.41, 5.74) is 1.19. The molecule has 2 aliphatic rings. The second-order valence-corrected chi connectivity index (χ2v) is 5.09.